The molecular formula is C46H74NO13P. The molecule has 1 saturated carbocycles. The van der Waals surface area contributed by atoms with Gasteiger partial charge in [-0.15, -0.1) is 0 Å². The van der Waals surface area contributed by atoms with E-state index < -0.39 is 75.8 Å². The number of carbonyl (C=O) groups is 4. The molecule has 1 aliphatic rings. The molecule has 0 bridgehead atoms. The number of carbonyl (C=O) groups excluding carboxylic acids is 3. The van der Waals surface area contributed by atoms with Gasteiger partial charge in [-0.25, -0.2) is 4.57 Å². The normalized spacial score (nSPS) is 19.8. The first-order valence-corrected chi connectivity index (χ1v) is 23.6. The predicted molar refractivity (Wildman–Crippen MR) is 236 cm³/mol. The summed E-state index contributed by atoms with van der Waals surface area (Å²) in [6.45, 7) is 2.27. The van der Waals surface area contributed by atoms with E-state index >= 15 is 0 Å². The van der Waals surface area contributed by atoms with Crippen LogP contribution < -0.4 is 5.73 Å². The summed E-state index contributed by atoms with van der Waals surface area (Å²) in [4.78, 5) is 58.7. The van der Waals surface area contributed by atoms with Crippen LogP contribution >= 0.6 is 7.82 Å². The molecule has 0 aromatic rings. The maximum Gasteiger partial charge on any atom is 0.472 e. The van der Waals surface area contributed by atoms with E-state index in [9.17, 15) is 38.8 Å². The molecule has 0 heterocycles. The Balaban J connectivity index is 2.52. The van der Waals surface area contributed by atoms with Crippen LogP contribution in [0.2, 0.25) is 0 Å². The second kappa shape index (κ2) is 35.0. The summed E-state index contributed by atoms with van der Waals surface area (Å²) in [5.74, 6) is -3.46. The van der Waals surface area contributed by atoms with Gasteiger partial charge < -0.3 is 35.4 Å². The Morgan fingerprint density at radius 3 is 2.07 bits per heavy atom. The number of aliphatic carboxylic acids is 1. The number of carboxylic acids is 1. The van der Waals surface area contributed by atoms with Crippen LogP contribution in [0.15, 0.2) is 72.9 Å². The van der Waals surface area contributed by atoms with E-state index in [4.69, 9.17) is 24.8 Å². The molecule has 1 aliphatic carbocycles. The average molecular weight is 880 g/mol. The van der Waals surface area contributed by atoms with Crippen LogP contribution in [0.25, 0.3) is 0 Å². The molecule has 61 heavy (non-hydrogen) atoms. The van der Waals surface area contributed by atoms with Gasteiger partial charge in [0.25, 0.3) is 0 Å². The molecule has 0 radical (unpaired) electrons. The fraction of sp³-hybridized carbons (Fsp3) is 0.652. The Kier molecular flexibility index (Phi) is 31.9. The van der Waals surface area contributed by atoms with Gasteiger partial charge in [0.15, 0.2) is 6.10 Å². The fourth-order valence-electron chi connectivity index (χ4n) is 6.27. The standard InChI is InChI=1S/C46H74NO13P/c1-3-5-7-8-9-10-11-12-13-14-15-16-17-18-19-20-26-30-45(52)60-38(35-58-61(55,56)59-36-41(47)46(53)54)34-57-44(51)29-25-22-21-24-28-39-40(43(50)33-42(39)49)32-31-37(48)27-23-6-4-2/h5,7,9-10,12-13,15-16,21,24,31-32,37-41,43,48,50H,3-4,6,8,11,14,17-20,22-23,25-30,33-36,47H2,1-2H3,(H,53,54)(H,55,56)/b7-5-,10-9-,13-12-,16-15-,24-21-,32-31+/t37-,38+,39+,40+,41-,43+/m0/s1. The summed E-state index contributed by atoms with van der Waals surface area (Å²) in [6.07, 6.45) is 34.8. The SMILES string of the molecule is CC/C=C\C/C=C\C/C=C\C/C=C\CCCCCCC(=O)O[C@H](COC(=O)CCC/C=C\C[C@H]1C(=O)C[C@@H](O)[C@@H]1/C=C/[C@@H](O)CCCCC)COP(=O)(O)OC[C@H](N)C(=O)O. The molecule has 0 spiro atoms. The highest BCUT2D eigenvalue weighted by atomic mass is 31.2. The Hall–Kier alpha value is -3.49. The minimum atomic E-state index is -4.80. The van der Waals surface area contributed by atoms with E-state index in [1.807, 2.05) is 12.2 Å². The third kappa shape index (κ3) is 29.4. The third-order valence-corrected chi connectivity index (χ3v) is 10.8. The van der Waals surface area contributed by atoms with Gasteiger partial charge in [-0.1, -0.05) is 119 Å². The first-order chi connectivity index (χ1) is 29.3. The number of unbranched alkanes of at least 4 members (excludes halogenated alkanes) is 7. The van der Waals surface area contributed by atoms with Crippen molar-refractivity contribution in [3.8, 4) is 0 Å². The Bertz CT molecular complexity index is 1470. The monoisotopic (exact) mass is 879 g/mol. The quantitative estimate of drug-likeness (QED) is 0.0173. The molecule has 1 fully saturated rings. The predicted octanol–water partition coefficient (Wildman–Crippen LogP) is 8.31. The Morgan fingerprint density at radius 1 is 0.787 bits per heavy atom. The number of esters is 2. The van der Waals surface area contributed by atoms with Gasteiger partial charge in [-0.05, 0) is 70.6 Å². The number of nitrogens with two attached hydrogens (primary N) is 1. The molecule has 0 amide bonds. The fourth-order valence-corrected chi connectivity index (χ4v) is 7.05. The summed E-state index contributed by atoms with van der Waals surface area (Å²) in [5, 5.41) is 29.6. The van der Waals surface area contributed by atoms with Crippen molar-refractivity contribution in [2.75, 3.05) is 19.8 Å². The maximum absolute atomic E-state index is 12.7. The molecule has 0 saturated heterocycles. The molecule has 7 atom stereocenters. The van der Waals surface area contributed by atoms with E-state index in [2.05, 4.69) is 67.0 Å². The first kappa shape index (κ1) is 55.5. The van der Waals surface area contributed by atoms with E-state index in [0.717, 1.165) is 70.6 Å². The number of allylic oxidation sites excluding steroid dienone is 10. The minimum Gasteiger partial charge on any atom is -0.480 e. The number of phosphoric ester groups is 1. The molecule has 15 heteroatoms. The zero-order valence-electron chi connectivity index (χ0n) is 36.4. The third-order valence-electron chi connectivity index (χ3n) is 9.81. The lowest BCUT2D eigenvalue weighted by Crippen LogP contribution is -2.34. The lowest BCUT2D eigenvalue weighted by atomic mass is 9.90. The molecule has 0 aliphatic heterocycles. The first-order valence-electron chi connectivity index (χ1n) is 22.1. The zero-order valence-corrected chi connectivity index (χ0v) is 37.3. The highest BCUT2D eigenvalue weighted by Crippen LogP contribution is 2.43. The van der Waals surface area contributed by atoms with Crippen molar-refractivity contribution in [3.05, 3.63) is 72.9 Å². The second-order valence-electron chi connectivity index (χ2n) is 15.2. The molecule has 14 nitrogen and oxygen atoms in total. The molecule has 6 N–H and O–H groups in total. The summed E-state index contributed by atoms with van der Waals surface area (Å²) in [6, 6.07) is -1.57. The summed E-state index contributed by atoms with van der Waals surface area (Å²) < 4.78 is 32.6. The highest BCUT2D eigenvalue weighted by Gasteiger charge is 2.39. The molecule has 1 unspecified atom stereocenters. The van der Waals surface area contributed by atoms with Crippen LogP contribution in [0.1, 0.15) is 136 Å². The van der Waals surface area contributed by atoms with Gasteiger partial charge in [0.2, 0.25) is 0 Å². The van der Waals surface area contributed by atoms with E-state index in [0.29, 0.717) is 32.1 Å². The second-order valence-corrected chi connectivity index (χ2v) is 16.7. The summed E-state index contributed by atoms with van der Waals surface area (Å²) >= 11 is 0. The number of rotatable bonds is 36. The van der Waals surface area contributed by atoms with Crippen molar-refractivity contribution in [2.24, 2.45) is 17.6 Å². The van der Waals surface area contributed by atoms with E-state index in [1.165, 1.54) is 0 Å². The molecule has 0 aromatic heterocycles. The van der Waals surface area contributed by atoms with Crippen molar-refractivity contribution < 1.29 is 62.5 Å². The van der Waals surface area contributed by atoms with Crippen molar-refractivity contribution in [3.63, 3.8) is 0 Å². The van der Waals surface area contributed by atoms with Crippen LogP contribution in [-0.2, 0) is 42.3 Å². The number of carboxylic acid groups (broad SMARTS) is 1. The van der Waals surface area contributed by atoms with Gasteiger partial charge in [0.1, 0.15) is 18.4 Å². The van der Waals surface area contributed by atoms with Gasteiger partial charge >= 0.3 is 25.7 Å². The number of ether oxygens (including phenoxy) is 2. The topological polar surface area (TPSA) is 229 Å². The number of aliphatic hydroxyl groups excluding tert-OH is 2. The highest BCUT2D eigenvalue weighted by molar-refractivity contribution is 7.47. The van der Waals surface area contributed by atoms with Gasteiger partial charge in [0, 0.05) is 31.1 Å². The van der Waals surface area contributed by atoms with E-state index in [-0.39, 0.29) is 31.0 Å². The van der Waals surface area contributed by atoms with Gasteiger partial charge in [-0.3, -0.25) is 28.2 Å². The van der Waals surface area contributed by atoms with Crippen LogP contribution in [-0.4, -0.2) is 88.1 Å². The maximum atomic E-state index is 12.7. The van der Waals surface area contributed by atoms with Gasteiger partial charge in [0.05, 0.1) is 25.4 Å². The van der Waals surface area contributed by atoms with Crippen LogP contribution in [0, 0.1) is 11.8 Å². The Labute approximate surface area is 363 Å². The number of phosphoric acid groups is 1. The number of ketones is 1. The zero-order chi connectivity index (χ0) is 45.1. The van der Waals surface area contributed by atoms with E-state index in [1.54, 1.807) is 12.2 Å². The minimum absolute atomic E-state index is 0.0177. The molecule has 346 valence electrons. The lowest BCUT2D eigenvalue weighted by Gasteiger charge is -2.20. The molecule has 1 rings (SSSR count). The lowest BCUT2D eigenvalue weighted by molar-refractivity contribution is -0.161. The van der Waals surface area contributed by atoms with Crippen LogP contribution in [0.3, 0.4) is 0 Å². The number of Topliss-reactive ketones (excluding diaryl/α,β-unsaturated/α-hetero) is 1. The number of hydrogen-bond donors (Lipinski definition) is 5. The molecule has 0 aromatic carbocycles. The Morgan fingerprint density at radius 2 is 1.39 bits per heavy atom. The average Bonchev–Trinajstić information content (AvgIpc) is 3.49. The van der Waals surface area contributed by atoms with Crippen molar-refractivity contribution >= 4 is 31.5 Å². The molecular weight excluding hydrogens is 805 g/mol. The van der Waals surface area contributed by atoms with Crippen LogP contribution in [0.4, 0.5) is 0 Å². The van der Waals surface area contributed by atoms with Crippen molar-refractivity contribution in [1.29, 1.82) is 0 Å². The van der Waals surface area contributed by atoms with Crippen LogP contribution in [0.5, 0.6) is 0 Å². The van der Waals surface area contributed by atoms with Gasteiger partial charge in [-0.2, -0.15) is 0 Å². The summed E-state index contributed by atoms with van der Waals surface area (Å²) in [7, 11) is -4.80. The number of aliphatic hydroxyl groups is 2. The van der Waals surface area contributed by atoms with Crippen molar-refractivity contribution in [1.82, 2.24) is 0 Å². The largest absolute Gasteiger partial charge is 0.480 e. The summed E-state index contributed by atoms with van der Waals surface area (Å²) in [5.41, 5.74) is 5.32. The smallest absolute Gasteiger partial charge is 0.472 e. The van der Waals surface area contributed by atoms with Crippen molar-refractivity contribution in [2.45, 2.75) is 160 Å². The number of hydrogen-bond acceptors (Lipinski definition) is 12.